The van der Waals surface area contributed by atoms with Crippen molar-refractivity contribution in [2.75, 3.05) is 48.3 Å². The van der Waals surface area contributed by atoms with Crippen LogP contribution in [0.4, 0.5) is 17.2 Å². The Hall–Kier alpha value is -5.23. The van der Waals surface area contributed by atoms with Gasteiger partial charge in [-0.25, -0.2) is 15.0 Å². The summed E-state index contributed by atoms with van der Waals surface area (Å²) in [7, 11) is 0. The summed E-state index contributed by atoms with van der Waals surface area (Å²) >= 11 is 0. The average Bonchev–Trinajstić information content (AvgIpc) is 3.07. The lowest BCUT2D eigenvalue weighted by Gasteiger charge is -2.38. The van der Waals surface area contributed by atoms with E-state index in [-0.39, 0.29) is 24.6 Å². The van der Waals surface area contributed by atoms with Gasteiger partial charge in [0.05, 0.1) is 23.8 Å². The van der Waals surface area contributed by atoms with Gasteiger partial charge in [0.2, 0.25) is 11.7 Å². The second kappa shape index (κ2) is 14.2. The molecule has 14 nitrogen and oxygen atoms in total. The van der Waals surface area contributed by atoms with E-state index < -0.39 is 6.23 Å². The topological polar surface area (TPSA) is 177 Å². The van der Waals surface area contributed by atoms with Crippen molar-refractivity contribution >= 4 is 17.2 Å². The Labute approximate surface area is 266 Å². The number of ether oxygens (including phenoxy) is 3. The number of piperazine rings is 1. The number of para-hydroxylation sites is 1. The molecule has 4 heterocycles. The summed E-state index contributed by atoms with van der Waals surface area (Å²) in [6, 6.07) is 12.9. The van der Waals surface area contributed by atoms with Crippen LogP contribution in [0.3, 0.4) is 0 Å². The smallest absolute Gasteiger partial charge is 0.215 e. The van der Waals surface area contributed by atoms with Crippen LogP contribution in [0.2, 0.25) is 0 Å². The third-order valence-electron chi connectivity index (χ3n) is 7.74. The molecule has 5 N–H and O–H groups in total. The molecule has 0 radical (unpaired) electrons. The van der Waals surface area contributed by atoms with Crippen molar-refractivity contribution in [1.29, 1.82) is 0 Å². The number of nitrogens with zero attached hydrogens (tertiary/aromatic N) is 7. The quantitative estimate of drug-likeness (QED) is 0.115. The zero-order valence-electron chi connectivity index (χ0n) is 25.3. The maximum absolute atomic E-state index is 10.3. The number of rotatable bonds is 10. The minimum atomic E-state index is -0.506. The maximum atomic E-state index is 10.3. The van der Waals surface area contributed by atoms with Gasteiger partial charge in [0, 0.05) is 62.5 Å². The van der Waals surface area contributed by atoms with E-state index in [1.54, 1.807) is 37.6 Å². The first kappa shape index (κ1) is 30.8. The molecule has 0 amide bonds. The first-order valence-electron chi connectivity index (χ1n) is 15.0. The van der Waals surface area contributed by atoms with Gasteiger partial charge in [-0.2, -0.15) is 5.48 Å². The molecule has 1 unspecified atom stereocenters. The van der Waals surface area contributed by atoms with Gasteiger partial charge in [-0.1, -0.05) is 18.1 Å². The molecule has 1 aromatic carbocycles. The van der Waals surface area contributed by atoms with Gasteiger partial charge in [0.1, 0.15) is 30.8 Å². The number of pyridine rings is 1. The molecule has 4 aromatic rings. The Morgan fingerprint density at radius 2 is 1.72 bits per heavy atom. The van der Waals surface area contributed by atoms with Gasteiger partial charge in [-0.3, -0.25) is 0 Å². The van der Waals surface area contributed by atoms with Gasteiger partial charge in [-0.15, -0.1) is 10.2 Å². The van der Waals surface area contributed by atoms with Crippen LogP contribution in [0.5, 0.6) is 17.4 Å². The summed E-state index contributed by atoms with van der Waals surface area (Å²) in [6.45, 7) is 4.83. The third kappa shape index (κ3) is 7.52. The van der Waals surface area contributed by atoms with E-state index in [0.29, 0.717) is 34.5 Å². The third-order valence-corrected chi connectivity index (χ3v) is 7.74. The van der Waals surface area contributed by atoms with Crippen LogP contribution in [0.1, 0.15) is 25.6 Å². The van der Waals surface area contributed by atoms with E-state index in [4.69, 9.17) is 25.2 Å². The number of aromatic hydroxyl groups is 1. The number of aromatic nitrogens is 5. The Morgan fingerprint density at radius 3 is 2.48 bits per heavy atom. The molecule has 1 saturated carbocycles. The van der Waals surface area contributed by atoms with Crippen molar-refractivity contribution in [3.63, 3.8) is 0 Å². The number of hydroxylamine groups is 1. The summed E-state index contributed by atoms with van der Waals surface area (Å²) in [4.78, 5) is 17.3. The maximum Gasteiger partial charge on any atom is 0.215 e. The molecule has 46 heavy (non-hydrogen) atoms. The van der Waals surface area contributed by atoms with E-state index >= 15 is 0 Å². The van der Waals surface area contributed by atoms with Crippen LogP contribution in [0.25, 0.3) is 11.3 Å². The predicted molar refractivity (Wildman–Crippen MR) is 170 cm³/mol. The van der Waals surface area contributed by atoms with Crippen molar-refractivity contribution in [2.24, 2.45) is 0 Å². The Balaban J connectivity index is 0.970. The van der Waals surface area contributed by atoms with Gasteiger partial charge < -0.3 is 40.1 Å². The fourth-order valence-electron chi connectivity index (χ4n) is 5.17. The monoisotopic (exact) mass is 625 g/mol. The molecule has 6 rings (SSSR count). The van der Waals surface area contributed by atoms with Crippen molar-refractivity contribution in [3.8, 4) is 40.5 Å². The minimum absolute atomic E-state index is 0.00384. The van der Waals surface area contributed by atoms with Gasteiger partial charge in [0.25, 0.3) is 0 Å². The zero-order chi connectivity index (χ0) is 31.9. The average molecular weight is 626 g/mol. The molecule has 1 aliphatic heterocycles. The molecule has 0 spiro atoms. The number of hydrogen-bond donors (Lipinski definition) is 4. The molecule has 238 valence electrons. The molecule has 2 aliphatic rings. The summed E-state index contributed by atoms with van der Waals surface area (Å²) in [5.74, 6) is 7.61. The highest BCUT2D eigenvalue weighted by Gasteiger charge is 2.33. The Kier molecular flexibility index (Phi) is 9.54. The zero-order valence-corrected chi connectivity index (χ0v) is 25.3. The molecule has 2 fully saturated rings. The molecular formula is C32H35N9O5. The second-order valence-corrected chi connectivity index (χ2v) is 10.9. The number of benzene rings is 1. The molecule has 1 atom stereocenters. The van der Waals surface area contributed by atoms with Crippen molar-refractivity contribution in [2.45, 2.75) is 38.2 Å². The predicted octanol–water partition coefficient (Wildman–Crippen LogP) is 2.62. The normalized spacial score (nSPS) is 18.2. The number of anilines is 3. The van der Waals surface area contributed by atoms with Gasteiger partial charge >= 0.3 is 0 Å². The molecule has 14 heteroatoms. The van der Waals surface area contributed by atoms with E-state index in [0.717, 1.165) is 50.4 Å². The van der Waals surface area contributed by atoms with Crippen LogP contribution < -0.4 is 30.5 Å². The molecule has 0 bridgehead atoms. The van der Waals surface area contributed by atoms with Gasteiger partial charge in [-0.05, 0) is 37.1 Å². The van der Waals surface area contributed by atoms with Crippen LogP contribution in [-0.4, -0.2) is 86.7 Å². The summed E-state index contributed by atoms with van der Waals surface area (Å²) in [5.41, 5.74) is 11.2. The van der Waals surface area contributed by atoms with E-state index in [9.17, 15) is 5.11 Å². The van der Waals surface area contributed by atoms with Crippen molar-refractivity contribution in [3.05, 3.63) is 66.9 Å². The first-order chi connectivity index (χ1) is 22.4. The van der Waals surface area contributed by atoms with Crippen LogP contribution in [0, 0.1) is 11.8 Å². The van der Waals surface area contributed by atoms with Crippen LogP contribution in [0.15, 0.2) is 61.1 Å². The number of phenols is 1. The highest BCUT2D eigenvalue weighted by atomic mass is 16.6. The van der Waals surface area contributed by atoms with E-state index in [1.165, 1.54) is 0 Å². The van der Waals surface area contributed by atoms with E-state index in [2.05, 4.69) is 46.8 Å². The number of nitrogen functional groups attached to an aromatic ring is 1. The van der Waals surface area contributed by atoms with Crippen LogP contribution >= 0.6 is 0 Å². The SMILES string of the molecule is CC(NO)OCC#Cc1ncc(O[C@H]2C[C@H](Oc3cc(N4CCN(c5cc(-c6ccccc6O)nnc5N)CC4)ccn3)C2)cn1. The molecule has 3 aromatic heterocycles. The summed E-state index contributed by atoms with van der Waals surface area (Å²) < 4.78 is 17.3. The lowest BCUT2D eigenvalue weighted by molar-refractivity contribution is -0.0284. The van der Waals surface area contributed by atoms with Gasteiger partial charge in [0.15, 0.2) is 11.6 Å². The fraction of sp³-hybridized carbons (Fsp3) is 0.344. The largest absolute Gasteiger partial charge is 0.507 e. The Morgan fingerprint density at radius 1 is 0.978 bits per heavy atom. The number of hydrogen-bond acceptors (Lipinski definition) is 14. The highest BCUT2D eigenvalue weighted by molar-refractivity contribution is 5.74. The van der Waals surface area contributed by atoms with Crippen molar-refractivity contribution < 1.29 is 24.5 Å². The number of nitrogens with one attached hydrogen (secondary N) is 1. The minimum Gasteiger partial charge on any atom is -0.507 e. The molecule has 1 aliphatic carbocycles. The number of nitrogens with two attached hydrogens (primary N) is 1. The summed E-state index contributed by atoms with van der Waals surface area (Å²) in [5, 5.41) is 27.3. The Bertz CT molecular complexity index is 1680. The standard InChI is InChI=1S/C32H35N9O5/c1-21(39-43)44-14-4-7-30-35-19-25(20-36-30)45-23-16-24(17-23)46-31-15-22(8-9-34-31)40-10-12-41(13-11-40)28-18-27(37-38-32(28)33)26-5-2-3-6-29(26)42/h2-3,5-6,8-9,15,18-21,23-24,39,42-43H,10-14,16-17H2,1H3,(H2,33,38)/t21?,23-,24-. The number of phenolic OH excluding ortho intramolecular Hbond substituents is 1. The van der Waals surface area contributed by atoms with Crippen molar-refractivity contribution in [1.82, 2.24) is 30.6 Å². The lowest BCUT2D eigenvalue weighted by atomic mass is 9.92. The first-order valence-corrected chi connectivity index (χ1v) is 15.0. The fourth-order valence-corrected chi connectivity index (χ4v) is 5.17. The highest BCUT2D eigenvalue weighted by Crippen LogP contribution is 2.33. The molecular weight excluding hydrogens is 590 g/mol. The van der Waals surface area contributed by atoms with Crippen LogP contribution in [-0.2, 0) is 4.74 Å². The lowest BCUT2D eigenvalue weighted by Crippen LogP contribution is -2.47. The summed E-state index contributed by atoms with van der Waals surface area (Å²) in [6.07, 6.45) is 5.92. The molecule has 1 saturated heterocycles. The second-order valence-electron chi connectivity index (χ2n) is 10.9. The van der Waals surface area contributed by atoms with E-state index in [1.807, 2.05) is 35.8 Å².